The number of Topliss-reactive ketones (excluding diaryl/α,β-unsaturated/α-hetero) is 1. The van der Waals surface area contributed by atoms with Gasteiger partial charge in [0.25, 0.3) is 0 Å². The van der Waals surface area contributed by atoms with Gasteiger partial charge in [-0.25, -0.2) is 0 Å². The fourth-order valence-corrected chi connectivity index (χ4v) is 3.76. The number of fused-ring (bicyclic) bond motifs is 1. The first kappa shape index (κ1) is 25.3. The van der Waals surface area contributed by atoms with Crippen LogP contribution in [0.1, 0.15) is 102 Å². The summed E-state index contributed by atoms with van der Waals surface area (Å²) in [5.41, 5.74) is 4.74. The van der Waals surface area contributed by atoms with Gasteiger partial charge < -0.3 is 9.64 Å². The lowest BCUT2D eigenvalue weighted by atomic mass is 9.90. The summed E-state index contributed by atoms with van der Waals surface area (Å²) < 4.78 is 5.27. The van der Waals surface area contributed by atoms with Crippen LogP contribution in [0.5, 0.6) is 0 Å². The minimum atomic E-state index is -0.00321. The van der Waals surface area contributed by atoms with Crippen molar-refractivity contribution in [3.05, 3.63) is 40.7 Å². The van der Waals surface area contributed by atoms with Gasteiger partial charge in [0.1, 0.15) is 5.69 Å². The summed E-state index contributed by atoms with van der Waals surface area (Å²) in [5.74, 6) is 0.724. The number of nitrogens with zero attached hydrogens (tertiary/aromatic N) is 2. The highest BCUT2D eigenvalue weighted by atomic mass is 16.5. The molecular weight excluding hydrogens is 388 g/mol. The van der Waals surface area contributed by atoms with E-state index in [1.807, 2.05) is 24.1 Å². The number of aromatic nitrogens is 1. The van der Waals surface area contributed by atoms with Crippen molar-refractivity contribution in [3.63, 3.8) is 0 Å². The second kappa shape index (κ2) is 12.7. The second-order valence-electron chi connectivity index (χ2n) is 8.75. The number of carbonyl (C=O) groups excluding carboxylic acids is 2. The number of piperidine rings is 1. The average Bonchev–Trinajstić information content (AvgIpc) is 3.50. The Hall–Kier alpha value is -2.01. The van der Waals surface area contributed by atoms with Crippen molar-refractivity contribution >= 4 is 11.7 Å². The third-order valence-corrected chi connectivity index (χ3v) is 6.11. The van der Waals surface area contributed by atoms with Crippen molar-refractivity contribution in [2.75, 3.05) is 19.7 Å². The Morgan fingerprint density at radius 2 is 1.77 bits per heavy atom. The molecule has 1 saturated carbocycles. The van der Waals surface area contributed by atoms with E-state index in [4.69, 9.17) is 4.74 Å². The molecule has 3 aliphatic rings. The molecule has 1 unspecified atom stereocenters. The van der Waals surface area contributed by atoms with E-state index < -0.39 is 0 Å². The zero-order valence-corrected chi connectivity index (χ0v) is 20.1. The molecule has 1 aromatic heterocycles. The van der Waals surface area contributed by atoms with Crippen LogP contribution in [-0.4, -0.2) is 47.4 Å². The number of carbonyl (C=O) groups is 2. The molecule has 2 aliphatic heterocycles. The maximum atomic E-state index is 11.8. The van der Waals surface area contributed by atoms with Crippen molar-refractivity contribution in [2.24, 2.45) is 0 Å². The van der Waals surface area contributed by atoms with Crippen LogP contribution in [0.25, 0.3) is 0 Å². The number of likely N-dealkylation sites (tertiary alicyclic amines) is 1. The monoisotopic (exact) mass is 428 g/mol. The molecule has 4 rings (SSSR count). The molecule has 1 aromatic rings. The van der Waals surface area contributed by atoms with Gasteiger partial charge in [-0.15, -0.1) is 0 Å². The third kappa shape index (κ3) is 7.88. The summed E-state index contributed by atoms with van der Waals surface area (Å²) in [4.78, 5) is 29.2. The third-order valence-electron chi connectivity index (χ3n) is 6.11. The van der Waals surface area contributed by atoms with Gasteiger partial charge in [0.05, 0.1) is 12.7 Å². The van der Waals surface area contributed by atoms with Crippen LogP contribution in [0.4, 0.5) is 0 Å². The van der Waals surface area contributed by atoms with Crippen molar-refractivity contribution < 1.29 is 14.3 Å². The maximum Gasteiger partial charge on any atom is 0.222 e. The van der Waals surface area contributed by atoms with Gasteiger partial charge in [-0.05, 0) is 54.9 Å². The van der Waals surface area contributed by atoms with Gasteiger partial charge in [0.2, 0.25) is 5.91 Å². The Morgan fingerprint density at radius 3 is 2.13 bits per heavy atom. The lowest BCUT2D eigenvalue weighted by Gasteiger charge is -2.32. The number of unbranched alkanes of at least 4 members (excludes halogenated alkanes) is 1. The van der Waals surface area contributed by atoms with Crippen molar-refractivity contribution in [3.8, 4) is 0 Å². The van der Waals surface area contributed by atoms with E-state index in [9.17, 15) is 9.59 Å². The highest BCUT2D eigenvalue weighted by molar-refractivity contribution is 5.92. The summed E-state index contributed by atoms with van der Waals surface area (Å²) >= 11 is 0. The zero-order valence-electron chi connectivity index (χ0n) is 20.1. The van der Waals surface area contributed by atoms with Crippen molar-refractivity contribution in [2.45, 2.75) is 91.6 Å². The van der Waals surface area contributed by atoms with E-state index >= 15 is 0 Å². The molecule has 5 heteroatoms. The minimum absolute atomic E-state index is 0.00321. The molecular formula is C26H40N2O3. The van der Waals surface area contributed by atoms with E-state index in [0.717, 1.165) is 39.0 Å². The molecule has 3 heterocycles. The quantitative estimate of drug-likeness (QED) is 0.446. The SMILES string of the molecule is CC1=C2CC2OC1.CCCC.CCCC(=O)N1CCC(c2ccc(C(C)=O)nc2)CC1. The summed E-state index contributed by atoms with van der Waals surface area (Å²) in [6.07, 6.45) is 9.78. The van der Waals surface area contributed by atoms with Gasteiger partial charge in [-0.3, -0.25) is 14.6 Å². The van der Waals surface area contributed by atoms with Crippen LogP contribution < -0.4 is 0 Å². The predicted molar refractivity (Wildman–Crippen MR) is 125 cm³/mol. The smallest absolute Gasteiger partial charge is 0.222 e. The van der Waals surface area contributed by atoms with Crippen LogP contribution in [0.3, 0.4) is 0 Å². The highest BCUT2D eigenvalue weighted by Gasteiger charge is 2.37. The molecule has 1 amide bonds. The fourth-order valence-electron chi connectivity index (χ4n) is 3.76. The Kier molecular flexibility index (Phi) is 10.4. The summed E-state index contributed by atoms with van der Waals surface area (Å²) in [7, 11) is 0. The lowest BCUT2D eigenvalue weighted by molar-refractivity contribution is -0.132. The molecule has 0 spiro atoms. The molecule has 0 bridgehead atoms. The van der Waals surface area contributed by atoms with Crippen LogP contribution in [-0.2, 0) is 9.53 Å². The Labute approximate surface area is 188 Å². The number of rotatable bonds is 5. The van der Waals surface area contributed by atoms with Gasteiger partial charge in [-0.1, -0.05) is 39.7 Å². The first-order valence-electron chi connectivity index (χ1n) is 12.0. The van der Waals surface area contributed by atoms with E-state index in [1.54, 1.807) is 11.6 Å². The van der Waals surface area contributed by atoms with Gasteiger partial charge >= 0.3 is 0 Å². The molecule has 0 N–H and O–H groups in total. The first-order chi connectivity index (χ1) is 14.9. The van der Waals surface area contributed by atoms with Crippen LogP contribution in [0.15, 0.2) is 29.5 Å². The van der Waals surface area contributed by atoms with Gasteiger partial charge in [-0.2, -0.15) is 0 Å². The number of amides is 1. The molecule has 1 atom stereocenters. The summed E-state index contributed by atoms with van der Waals surface area (Å²) in [5, 5.41) is 0. The molecule has 172 valence electrons. The molecule has 5 nitrogen and oxygen atoms in total. The number of hydrogen-bond donors (Lipinski definition) is 0. The number of ketones is 1. The largest absolute Gasteiger partial charge is 0.369 e. The molecule has 1 aliphatic carbocycles. The maximum absolute atomic E-state index is 11.8. The van der Waals surface area contributed by atoms with E-state index in [1.165, 1.54) is 37.3 Å². The van der Waals surface area contributed by atoms with Crippen LogP contribution >= 0.6 is 0 Å². The first-order valence-corrected chi connectivity index (χ1v) is 12.0. The normalized spacial score (nSPS) is 19.6. The molecule has 1 saturated heterocycles. The van der Waals surface area contributed by atoms with Gasteiger partial charge in [0, 0.05) is 39.1 Å². The van der Waals surface area contributed by atoms with E-state index in [2.05, 4.69) is 25.8 Å². The predicted octanol–water partition coefficient (Wildman–Crippen LogP) is 5.70. The molecule has 2 fully saturated rings. The Bertz CT molecular complexity index is 744. The molecule has 0 aromatic carbocycles. The van der Waals surface area contributed by atoms with Crippen LogP contribution in [0.2, 0.25) is 0 Å². The van der Waals surface area contributed by atoms with Gasteiger partial charge in [0.15, 0.2) is 5.78 Å². The molecule has 31 heavy (non-hydrogen) atoms. The summed E-state index contributed by atoms with van der Waals surface area (Å²) in [6, 6.07) is 3.80. The van der Waals surface area contributed by atoms with Crippen molar-refractivity contribution in [1.82, 2.24) is 9.88 Å². The topological polar surface area (TPSA) is 59.5 Å². The fraction of sp³-hybridized carbons (Fsp3) is 0.654. The Balaban J connectivity index is 0.000000251. The minimum Gasteiger partial charge on any atom is -0.369 e. The average molecular weight is 429 g/mol. The second-order valence-corrected chi connectivity index (χ2v) is 8.75. The highest BCUT2D eigenvalue weighted by Crippen LogP contribution is 2.40. The Morgan fingerprint density at radius 1 is 1.10 bits per heavy atom. The number of pyridine rings is 1. The van der Waals surface area contributed by atoms with Crippen LogP contribution in [0, 0.1) is 0 Å². The van der Waals surface area contributed by atoms with E-state index in [0.29, 0.717) is 24.1 Å². The number of hydrogen-bond acceptors (Lipinski definition) is 4. The molecule has 0 radical (unpaired) electrons. The van der Waals surface area contributed by atoms with Crippen molar-refractivity contribution in [1.29, 1.82) is 0 Å². The van der Waals surface area contributed by atoms with E-state index in [-0.39, 0.29) is 11.7 Å². The lowest BCUT2D eigenvalue weighted by Crippen LogP contribution is -2.37. The number of ether oxygens (including phenoxy) is 1. The zero-order chi connectivity index (χ0) is 22.8. The standard InChI is InChI=1S/C16H22N2O2.C6H8O.C4H10/c1-3-4-16(20)18-9-7-13(8-10-18)14-5-6-15(12(2)19)17-11-14;1-4-3-7-6-2-5(4)6;1-3-4-2/h5-6,11,13H,3-4,7-10H2,1-2H3;6H,2-3H2,1H3;3-4H2,1-2H3. The summed E-state index contributed by atoms with van der Waals surface area (Å²) in [6.45, 7) is 12.6.